The second-order valence-corrected chi connectivity index (χ2v) is 24.6. The first-order valence-corrected chi connectivity index (χ1v) is 34.8. The Morgan fingerprint density at radius 3 is 1.18 bits per heavy atom. The first-order chi connectivity index (χ1) is 39.9. The van der Waals surface area contributed by atoms with Gasteiger partial charge in [-0.25, -0.2) is 0 Å². The molecule has 0 aliphatic heterocycles. The molecule has 10 heteroatoms. The van der Waals surface area contributed by atoms with Crippen molar-refractivity contribution in [3.63, 3.8) is 0 Å². The lowest BCUT2D eigenvalue weighted by molar-refractivity contribution is -0.870. The minimum absolute atomic E-state index is 0.0348. The summed E-state index contributed by atoms with van der Waals surface area (Å²) in [5, 5.41) is 3.01. The van der Waals surface area contributed by atoms with E-state index in [0.717, 1.165) is 128 Å². The van der Waals surface area contributed by atoms with Gasteiger partial charge in [0.1, 0.15) is 19.3 Å². The van der Waals surface area contributed by atoms with Crippen molar-refractivity contribution in [2.75, 3.05) is 40.9 Å². The number of quaternary nitrogens is 1. The number of nitrogens with zero attached hydrogens (tertiary/aromatic N) is 1. The van der Waals surface area contributed by atoms with Crippen molar-refractivity contribution in [3.8, 4) is 0 Å². The molecule has 0 rings (SSSR count). The largest absolute Gasteiger partial charge is 0.756 e. The number of nitrogens with one attached hydrogen (secondary N) is 1. The zero-order valence-electron chi connectivity index (χ0n) is 53.7. The number of hydrogen-bond donors (Lipinski definition) is 1. The molecular formula is C72H125N2O7P. The fourth-order valence-electron chi connectivity index (χ4n) is 9.07. The van der Waals surface area contributed by atoms with E-state index >= 15 is 0 Å². The molecule has 0 heterocycles. The minimum Gasteiger partial charge on any atom is -0.756 e. The molecular weight excluding hydrogens is 1040 g/mol. The van der Waals surface area contributed by atoms with E-state index in [2.05, 4.69) is 135 Å². The summed E-state index contributed by atoms with van der Waals surface area (Å²) in [5.74, 6) is -0.585. The molecule has 0 fully saturated rings. The van der Waals surface area contributed by atoms with Gasteiger partial charge in [-0.2, -0.15) is 0 Å². The van der Waals surface area contributed by atoms with E-state index in [-0.39, 0.29) is 31.3 Å². The van der Waals surface area contributed by atoms with Crippen LogP contribution in [0.5, 0.6) is 0 Å². The van der Waals surface area contributed by atoms with E-state index in [0.29, 0.717) is 17.4 Å². The number of allylic oxidation sites excluding steroid dienone is 19. The highest BCUT2D eigenvalue weighted by Crippen LogP contribution is 2.38. The van der Waals surface area contributed by atoms with E-state index in [1.54, 1.807) is 0 Å². The first-order valence-electron chi connectivity index (χ1n) is 33.3. The molecule has 0 saturated heterocycles. The second kappa shape index (κ2) is 60.5. The maximum Gasteiger partial charge on any atom is 0.306 e. The highest BCUT2D eigenvalue weighted by Gasteiger charge is 2.27. The molecule has 0 aliphatic carbocycles. The van der Waals surface area contributed by atoms with Gasteiger partial charge >= 0.3 is 5.97 Å². The lowest BCUT2D eigenvalue weighted by Crippen LogP contribution is -2.47. The molecule has 3 unspecified atom stereocenters. The Hall–Kier alpha value is -3.59. The Balaban J connectivity index is 5.16. The third-order valence-corrected chi connectivity index (χ3v) is 15.1. The zero-order valence-corrected chi connectivity index (χ0v) is 54.5. The van der Waals surface area contributed by atoms with Crippen molar-refractivity contribution in [2.24, 2.45) is 0 Å². The molecule has 0 saturated carbocycles. The van der Waals surface area contributed by atoms with Gasteiger partial charge in [0.15, 0.2) is 0 Å². The first kappa shape index (κ1) is 78.4. The van der Waals surface area contributed by atoms with Crippen molar-refractivity contribution in [1.82, 2.24) is 5.32 Å². The molecule has 0 radical (unpaired) electrons. The zero-order chi connectivity index (χ0) is 60.0. The van der Waals surface area contributed by atoms with Gasteiger partial charge in [-0.1, -0.05) is 265 Å². The van der Waals surface area contributed by atoms with E-state index in [1.165, 1.54) is 103 Å². The van der Waals surface area contributed by atoms with Crippen molar-refractivity contribution in [1.29, 1.82) is 0 Å². The summed E-state index contributed by atoms with van der Waals surface area (Å²) in [7, 11) is 1.15. The molecule has 470 valence electrons. The Morgan fingerprint density at radius 1 is 0.439 bits per heavy atom. The summed E-state index contributed by atoms with van der Waals surface area (Å²) >= 11 is 0. The van der Waals surface area contributed by atoms with Crippen LogP contribution in [0.2, 0.25) is 0 Å². The third kappa shape index (κ3) is 61.0. The number of unbranched alkanes of at least 4 members (excludes halogenated alkanes) is 25. The van der Waals surface area contributed by atoms with Gasteiger partial charge < -0.3 is 28.5 Å². The Morgan fingerprint density at radius 2 is 0.780 bits per heavy atom. The Bertz CT molecular complexity index is 1820. The van der Waals surface area contributed by atoms with E-state index in [4.69, 9.17) is 13.8 Å². The van der Waals surface area contributed by atoms with Crippen LogP contribution in [0, 0.1) is 0 Å². The van der Waals surface area contributed by atoms with Crippen LogP contribution in [0.25, 0.3) is 0 Å². The number of hydrogen-bond acceptors (Lipinski definition) is 7. The van der Waals surface area contributed by atoms with Gasteiger partial charge in [-0.15, -0.1) is 0 Å². The van der Waals surface area contributed by atoms with Gasteiger partial charge in [0.2, 0.25) is 5.91 Å². The lowest BCUT2D eigenvalue weighted by atomic mass is 10.0. The van der Waals surface area contributed by atoms with Crippen LogP contribution in [0.4, 0.5) is 0 Å². The van der Waals surface area contributed by atoms with Gasteiger partial charge in [0.05, 0.1) is 33.8 Å². The van der Waals surface area contributed by atoms with Crippen LogP contribution in [-0.4, -0.2) is 69.4 Å². The summed E-state index contributed by atoms with van der Waals surface area (Å²) in [6, 6.07) is -0.914. The molecule has 1 N–H and O–H groups in total. The summed E-state index contributed by atoms with van der Waals surface area (Å²) in [6.45, 7) is 6.59. The number of carbonyl (C=O) groups excluding carboxylic acids is 2. The minimum atomic E-state index is -4.72. The predicted molar refractivity (Wildman–Crippen MR) is 353 cm³/mol. The quantitative estimate of drug-likeness (QED) is 0.0212. The molecule has 0 aromatic heterocycles. The van der Waals surface area contributed by atoms with Crippen molar-refractivity contribution in [2.45, 2.75) is 283 Å². The fraction of sp³-hybridized carbons (Fsp3) is 0.694. The number of amides is 1. The molecule has 3 atom stereocenters. The number of phosphoric acid groups is 1. The second-order valence-electron chi connectivity index (χ2n) is 23.2. The predicted octanol–water partition coefficient (Wildman–Crippen LogP) is 20.4. The van der Waals surface area contributed by atoms with Crippen LogP contribution >= 0.6 is 7.82 Å². The Kier molecular flexibility index (Phi) is 57.9. The number of rotatable bonds is 59. The fourth-order valence-corrected chi connectivity index (χ4v) is 9.79. The SMILES string of the molecule is CC/C=C\C/C=C\C/C=C\C/C=C\C/C=C\CCCCCCCCCCCCCC(=O)OC(/C=C\CCCCCCCCCCCCC)C(COP(=O)([O-])OCC[N+](C)(C)C)NC(=O)CCCCC/C=C/C/C=C/C/C=C/C/C=C/CC. The third-order valence-electron chi connectivity index (χ3n) is 14.1. The summed E-state index contributed by atoms with van der Waals surface area (Å²) in [6.07, 6.45) is 84.6. The normalized spacial score (nSPS) is 14.4. The van der Waals surface area contributed by atoms with Crippen LogP contribution in [0.1, 0.15) is 271 Å². The van der Waals surface area contributed by atoms with Crippen LogP contribution in [-0.2, 0) is 27.9 Å². The summed E-state index contributed by atoms with van der Waals surface area (Å²) in [4.78, 5) is 40.1. The standard InChI is InChI=1S/C72H125N2O7P/c1-7-10-13-16-19-22-25-28-30-32-33-34-35-36-37-38-39-40-41-42-44-47-50-53-56-59-62-65-72(76)81-70(63-60-57-54-51-48-45-27-24-21-18-15-12-9-3)69(68-80-82(77,78)79-67-66-74(4,5)6)73-71(75)64-61-58-55-52-49-46-43-31-29-26-23-20-17-14-11-8-2/h10-11,13-14,19-20,22-23,28-31,33-34,36-37,46,49,60,63,69-70H,7-9,12,15-18,21,24-27,32,35,38-45,47-48,50-59,61-62,64-68H2,1-6H3,(H-,73,75,77,78)/b13-10-,14-11+,22-19-,23-20+,30-28-,31-29+,34-33-,37-36-,49-46+,63-60-. The van der Waals surface area contributed by atoms with Crippen LogP contribution in [0.15, 0.2) is 122 Å². The van der Waals surface area contributed by atoms with Crippen LogP contribution in [0.3, 0.4) is 0 Å². The van der Waals surface area contributed by atoms with Gasteiger partial charge in [0.25, 0.3) is 7.82 Å². The molecule has 9 nitrogen and oxygen atoms in total. The Labute approximate surface area is 505 Å². The topological polar surface area (TPSA) is 114 Å². The maximum absolute atomic E-state index is 13.5. The maximum atomic E-state index is 13.5. The molecule has 0 bridgehead atoms. The van der Waals surface area contributed by atoms with E-state index in [1.807, 2.05) is 33.3 Å². The molecule has 1 amide bonds. The molecule has 0 aliphatic rings. The lowest BCUT2D eigenvalue weighted by Gasteiger charge is -2.30. The average molecular weight is 1160 g/mol. The molecule has 0 spiro atoms. The molecule has 0 aromatic carbocycles. The van der Waals surface area contributed by atoms with Gasteiger partial charge in [-0.3, -0.25) is 14.2 Å². The smallest absolute Gasteiger partial charge is 0.306 e. The average Bonchev–Trinajstić information content (AvgIpc) is 3.45. The number of phosphoric ester groups is 1. The van der Waals surface area contributed by atoms with Crippen molar-refractivity contribution in [3.05, 3.63) is 122 Å². The van der Waals surface area contributed by atoms with Crippen molar-refractivity contribution < 1.29 is 37.3 Å². The highest BCUT2D eigenvalue weighted by molar-refractivity contribution is 7.45. The highest BCUT2D eigenvalue weighted by atomic mass is 31.2. The van der Waals surface area contributed by atoms with Crippen molar-refractivity contribution >= 4 is 19.7 Å². The molecule has 82 heavy (non-hydrogen) atoms. The van der Waals surface area contributed by atoms with E-state index in [9.17, 15) is 19.0 Å². The number of esters is 1. The molecule has 0 aromatic rings. The van der Waals surface area contributed by atoms with Gasteiger partial charge in [-0.05, 0) is 115 Å². The van der Waals surface area contributed by atoms with Crippen LogP contribution < -0.4 is 10.2 Å². The van der Waals surface area contributed by atoms with E-state index < -0.39 is 26.6 Å². The number of ether oxygens (including phenoxy) is 1. The summed E-state index contributed by atoms with van der Waals surface area (Å²) in [5.41, 5.74) is 0. The number of likely N-dealkylation sites (N-methyl/N-ethyl adjacent to an activating group) is 1. The van der Waals surface area contributed by atoms with Gasteiger partial charge in [0, 0.05) is 12.8 Å². The summed E-state index contributed by atoms with van der Waals surface area (Å²) < 4.78 is 30.4. The number of carbonyl (C=O) groups is 2. The monoisotopic (exact) mass is 1160 g/mol.